The summed E-state index contributed by atoms with van der Waals surface area (Å²) >= 11 is 0. The van der Waals surface area contributed by atoms with Crippen molar-refractivity contribution in [2.45, 2.75) is 57.9 Å². The van der Waals surface area contributed by atoms with Crippen LogP contribution in [0.25, 0.3) is 5.57 Å². The Labute approximate surface area is 259 Å². The minimum Gasteiger partial charge on any atom is -0.495 e. The van der Waals surface area contributed by atoms with Crippen LogP contribution in [0, 0.1) is 0 Å². The van der Waals surface area contributed by atoms with Gasteiger partial charge in [-0.15, -0.1) is 0 Å². The highest BCUT2D eigenvalue weighted by atomic mass is 19.4. The van der Waals surface area contributed by atoms with Crippen LogP contribution >= 0.6 is 0 Å². The van der Waals surface area contributed by atoms with E-state index in [1.54, 1.807) is 29.2 Å². The van der Waals surface area contributed by atoms with Crippen LogP contribution in [0.5, 0.6) is 5.75 Å². The molecule has 3 N–H and O–H groups in total. The highest BCUT2D eigenvalue weighted by Gasteiger charge is 2.36. The van der Waals surface area contributed by atoms with Crippen molar-refractivity contribution in [3.63, 3.8) is 0 Å². The summed E-state index contributed by atoms with van der Waals surface area (Å²) in [6.45, 7) is 10.4. The van der Waals surface area contributed by atoms with E-state index in [2.05, 4.69) is 32.5 Å². The van der Waals surface area contributed by atoms with Gasteiger partial charge in [-0.25, -0.2) is 9.78 Å². The maximum absolute atomic E-state index is 13.9. The minimum atomic E-state index is -4.71. The van der Waals surface area contributed by atoms with Crippen molar-refractivity contribution in [3.05, 3.63) is 71.4 Å². The van der Waals surface area contributed by atoms with Crippen molar-refractivity contribution in [2.75, 3.05) is 36.1 Å². The lowest BCUT2D eigenvalue weighted by molar-refractivity contribution is -0.137. The van der Waals surface area contributed by atoms with Gasteiger partial charge in [0.1, 0.15) is 22.7 Å². The quantitative estimate of drug-likeness (QED) is 0.242. The number of carbonyl (C=O) groups excluding carboxylic acids is 2. The van der Waals surface area contributed by atoms with E-state index in [4.69, 9.17) is 9.47 Å². The fourth-order valence-electron chi connectivity index (χ4n) is 5.39. The molecule has 1 saturated heterocycles. The number of rotatable bonds is 7. The molecule has 0 bridgehead atoms. The van der Waals surface area contributed by atoms with E-state index in [1.807, 2.05) is 32.9 Å². The zero-order valence-corrected chi connectivity index (χ0v) is 25.5. The monoisotopic (exact) mass is 624 g/mol. The second kappa shape index (κ2) is 12.3. The molecule has 0 unspecified atom stereocenters. The number of carbonyl (C=O) groups is 2. The lowest BCUT2D eigenvalue weighted by Crippen LogP contribution is -2.41. The molecule has 0 saturated carbocycles. The molecule has 2 amide bonds. The number of nitrogens with zero attached hydrogens (tertiary/aromatic N) is 3. The van der Waals surface area contributed by atoms with E-state index < -0.39 is 23.2 Å². The number of hydrogen-bond donors (Lipinski definition) is 3. The van der Waals surface area contributed by atoms with Crippen LogP contribution in [0.3, 0.4) is 0 Å². The van der Waals surface area contributed by atoms with Gasteiger partial charge in [0.15, 0.2) is 0 Å². The number of piperidine rings is 1. The first-order chi connectivity index (χ1) is 21.2. The normalized spacial score (nSPS) is 15.4. The van der Waals surface area contributed by atoms with Gasteiger partial charge in [-0.3, -0.25) is 4.79 Å². The van der Waals surface area contributed by atoms with Crippen molar-refractivity contribution in [3.8, 4) is 5.75 Å². The highest BCUT2D eigenvalue weighted by Crippen LogP contribution is 2.38. The Morgan fingerprint density at radius 3 is 2.56 bits per heavy atom. The molecule has 0 aliphatic carbocycles. The first kappa shape index (κ1) is 31.6. The smallest absolute Gasteiger partial charge is 0.421 e. The van der Waals surface area contributed by atoms with E-state index in [0.717, 1.165) is 24.6 Å². The first-order valence-corrected chi connectivity index (χ1v) is 14.5. The van der Waals surface area contributed by atoms with Crippen LogP contribution in [-0.2, 0) is 22.3 Å². The summed E-state index contributed by atoms with van der Waals surface area (Å²) in [4.78, 5) is 34.3. The molecule has 2 aliphatic heterocycles. The molecule has 2 aliphatic rings. The van der Waals surface area contributed by atoms with Crippen molar-refractivity contribution in [1.82, 2.24) is 14.9 Å². The minimum absolute atomic E-state index is 0.0402. The summed E-state index contributed by atoms with van der Waals surface area (Å²) in [7, 11) is 1.50. The molecule has 1 aromatic heterocycles. The van der Waals surface area contributed by atoms with Gasteiger partial charge in [-0.2, -0.15) is 18.2 Å². The SMILES string of the molecule is C=C1C(=O)Nc2cccc(CNc3nc(Nc4ccc(C5CCN(C(=O)OC(C)(C)C)CC5)cc4OC)ncc3C(F)(F)F)c21. The number of aromatic nitrogens is 2. The van der Waals surface area contributed by atoms with Gasteiger partial charge in [-0.05, 0) is 68.9 Å². The van der Waals surface area contributed by atoms with E-state index in [1.165, 1.54) is 7.11 Å². The van der Waals surface area contributed by atoms with Crippen molar-refractivity contribution in [2.24, 2.45) is 0 Å². The van der Waals surface area contributed by atoms with Crippen molar-refractivity contribution >= 4 is 40.7 Å². The van der Waals surface area contributed by atoms with Gasteiger partial charge in [0.2, 0.25) is 5.95 Å². The number of likely N-dealkylation sites (tertiary alicyclic amines) is 1. The zero-order valence-electron chi connectivity index (χ0n) is 25.5. The third-order valence-electron chi connectivity index (χ3n) is 7.61. The Balaban J connectivity index is 1.31. The van der Waals surface area contributed by atoms with Crippen LogP contribution < -0.4 is 20.7 Å². The van der Waals surface area contributed by atoms with Gasteiger partial charge in [-0.1, -0.05) is 24.8 Å². The zero-order chi connectivity index (χ0) is 32.5. The molecule has 238 valence electrons. The molecule has 1 fully saturated rings. The number of alkyl halides is 3. The second-order valence-electron chi connectivity index (χ2n) is 11.9. The van der Waals surface area contributed by atoms with E-state index in [9.17, 15) is 22.8 Å². The Kier molecular flexibility index (Phi) is 8.63. The number of fused-ring (bicyclic) bond motifs is 1. The predicted molar refractivity (Wildman–Crippen MR) is 165 cm³/mol. The van der Waals surface area contributed by atoms with Crippen LogP contribution in [0.4, 0.5) is 41.1 Å². The van der Waals surface area contributed by atoms with Gasteiger partial charge < -0.3 is 30.3 Å². The van der Waals surface area contributed by atoms with Gasteiger partial charge >= 0.3 is 12.3 Å². The third kappa shape index (κ3) is 7.13. The largest absolute Gasteiger partial charge is 0.495 e. The number of methoxy groups -OCH3 is 1. The highest BCUT2D eigenvalue weighted by molar-refractivity contribution is 6.31. The van der Waals surface area contributed by atoms with Crippen LogP contribution in [-0.4, -0.2) is 52.7 Å². The van der Waals surface area contributed by atoms with Crippen LogP contribution in [0.1, 0.15) is 61.8 Å². The summed E-state index contributed by atoms with van der Waals surface area (Å²) < 4.78 is 52.8. The van der Waals surface area contributed by atoms with Crippen molar-refractivity contribution in [1.29, 1.82) is 0 Å². The molecule has 13 heteroatoms. The molecular formula is C32H35F3N6O4. The average Bonchev–Trinajstić information content (AvgIpc) is 3.28. The standard InChI is InChI=1S/C32H35F3N6O4/c1-18-26-21(7-6-8-24(26)38-28(18)42)16-36-27-22(32(33,34)35)17-37-29(40-27)39-23-10-9-20(15-25(23)44-5)19-11-13-41(14-12-19)30(43)45-31(2,3)4/h6-10,15,17,19H,1,11-14,16H2,2-5H3,(H,38,42)(H2,36,37,39,40). The van der Waals surface area contributed by atoms with Gasteiger partial charge in [0.05, 0.1) is 12.8 Å². The molecule has 10 nitrogen and oxygen atoms in total. The molecule has 0 atom stereocenters. The number of halogens is 3. The lowest BCUT2D eigenvalue weighted by Gasteiger charge is -2.33. The van der Waals surface area contributed by atoms with Crippen molar-refractivity contribution < 1.29 is 32.2 Å². The Bertz CT molecular complexity index is 1630. The number of benzene rings is 2. The van der Waals surface area contributed by atoms with Crippen LogP contribution in [0.2, 0.25) is 0 Å². The van der Waals surface area contributed by atoms with E-state index in [-0.39, 0.29) is 36.0 Å². The fourth-order valence-corrected chi connectivity index (χ4v) is 5.39. The van der Waals surface area contributed by atoms with Crippen LogP contribution in [0.15, 0.2) is 49.2 Å². The number of nitrogens with one attached hydrogen (secondary N) is 3. The summed E-state index contributed by atoms with van der Waals surface area (Å²) in [5.74, 6) is -0.191. The molecule has 3 heterocycles. The summed E-state index contributed by atoms with van der Waals surface area (Å²) in [6.07, 6.45) is -2.83. The number of ether oxygens (including phenoxy) is 2. The third-order valence-corrected chi connectivity index (χ3v) is 7.61. The molecule has 2 aromatic carbocycles. The lowest BCUT2D eigenvalue weighted by atomic mass is 9.89. The fraction of sp³-hybridized carbons (Fsp3) is 0.375. The van der Waals surface area contributed by atoms with Gasteiger partial charge in [0, 0.05) is 42.7 Å². The van der Waals surface area contributed by atoms with E-state index >= 15 is 0 Å². The predicted octanol–water partition coefficient (Wildman–Crippen LogP) is 6.94. The molecule has 5 rings (SSSR count). The molecule has 0 radical (unpaired) electrons. The summed E-state index contributed by atoms with van der Waals surface area (Å²) in [6, 6.07) is 10.7. The molecule has 45 heavy (non-hydrogen) atoms. The van der Waals surface area contributed by atoms with E-state index in [0.29, 0.717) is 41.3 Å². The first-order valence-electron chi connectivity index (χ1n) is 14.5. The maximum Gasteiger partial charge on any atom is 0.421 e. The number of anilines is 4. The molecular weight excluding hydrogens is 589 g/mol. The average molecular weight is 625 g/mol. The second-order valence-corrected chi connectivity index (χ2v) is 11.9. The Hall–Kier alpha value is -4.81. The molecule has 3 aromatic rings. The summed E-state index contributed by atoms with van der Waals surface area (Å²) in [5.41, 5.74) is 1.83. The maximum atomic E-state index is 13.9. The number of amides is 2. The molecule has 0 spiro atoms. The summed E-state index contributed by atoms with van der Waals surface area (Å²) in [5, 5.41) is 8.44. The Morgan fingerprint density at radius 2 is 1.89 bits per heavy atom. The Morgan fingerprint density at radius 1 is 1.16 bits per heavy atom. The topological polar surface area (TPSA) is 118 Å². The number of hydrogen-bond acceptors (Lipinski definition) is 8. The van der Waals surface area contributed by atoms with Gasteiger partial charge in [0.25, 0.3) is 5.91 Å².